The minimum atomic E-state index is -4.51. The average Bonchev–Trinajstić information content (AvgIpc) is 2.99. The van der Waals surface area contributed by atoms with Gasteiger partial charge < -0.3 is 9.84 Å². The van der Waals surface area contributed by atoms with Gasteiger partial charge in [-0.25, -0.2) is 4.98 Å². The molecule has 1 aliphatic carbocycles. The molecule has 0 spiro atoms. The molecule has 1 aromatic carbocycles. The molecule has 3 heterocycles. The summed E-state index contributed by atoms with van der Waals surface area (Å²) in [5, 5.41) is 15.6. The van der Waals surface area contributed by atoms with Crippen LogP contribution >= 0.6 is 0 Å². The SMILES string of the molecule is Cc1cc(C(F)(F)F)cc(O)c1-c1ccc2cn(C34CCC3OC4)nc2n1. The van der Waals surface area contributed by atoms with Gasteiger partial charge in [-0.05, 0) is 49.6 Å². The van der Waals surface area contributed by atoms with E-state index in [4.69, 9.17) is 4.74 Å². The third kappa shape index (κ3) is 2.29. The first-order valence-electron chi connectivity index (χ1n) is 8.68. The Kier molecular flexibility index (Phi) is 3.20. The van der Waals surface area contributed by atoms with Crippen LogP contribution in [-0.4, -0.2) is 32.6 Å². The first kappa shape index (κ1) is 16.6. The van der Waals surface area contributed by atoms with Crippen LogP contribution in [0, 0.1) is 6.92 Å². The zero-order valence-electron chi connectivity index (χ0n) is 14.4. The number of halogens is 3. The Hall–Kier alpha value is -2.61. The number of hydrogen-bond acceptors (Lipinski definition) is 4. The highest BCUT2D eigenvalue weighted by molar-refractivity contribution is 5.80. The van der Waals surface area contributed by atoms with E-state index in [9.17, 15) is 18.3 Å². The van der Waals surface area contributed by atoms with E-state index in [0.717, 1.165) is 30.4 Å². The summed E-state index contributed by atoms with van der Waals surface area (Å²) in [6.45, 7) is 2.16. The molecule has 140 valence electrons. The van der Waals surface area contributed by atoms with E-state index in [1.807, 2.05) is 16.9 Å². The fourth-order valence-corrected chi connectivity index (χ4v) is 4.01. The molecular formula is C19H16F3N3O2. The largest absolute Gasteiger partial charge is 0.507 e. The van der Waals surface area contributed by atoms with Crippen LogP contribution in [0.15, 0.2) is 30.5 Å². The summed E-state index contributed by atoms with van der Waals surface area (Å²) in [6.07, 6.45) is -0.349. The van der Waals surface area contributed by atoms with Crippen molar-refractivity contribution in [1.29, 1.82) is 0 Å². The van der Waals surface area contributed by atoms with E-state index in [1.54, 1.807) is 6.07 Å². The molecule has 2 aliphatic rings. The summed E-state index contributed by atoms with van der Waals surface area (Å²) in [6, 6.07) is 5.26. The molecule has 2 atom stereocenters. The van der Waals surface area contributed by atoms with Crippen LogP contribution in [0.5, 0.6) is 5.75 Å². The van der Waals surface area contributed by atoms with Crippen molar-refractivity contribution in [2.45, 2.75) is 37.6 Å². The number of aryl methyl sites for hydroxylation is 1. The van der Waals surface area contributed by atoms with Crippen molar-refractivity contribution in [2.75, 3.05) is 6.61 Å². The molecule has 1 saturated carbocycles. The molecule has 1 aliphatic heterocycles. The number of fused-ring (bicyclic) bond motifs is 2. The zero-order chi connectivity index (χ0) is 19.0. The maximum absolute atomic E-state index is 12.9. The van der Waals surface area contributed by atoms with Crippen molar-refractivity contribution in [3.05, 3.63) is 41.6 Å². The van der Waals surface area contributed by atoms with Crippen molar-refractivity contribution in [3.63, 3.8) is 0 Å². The second-order valence-corrected chi connectivity index (χ2v) is 7.31. The Morgan fingerprint density at radius 1 is 1.30 bits per heavy atom. The monoisotopic (exact) mass is 375 g/mol. The Morgan fingerprint density at radius 2 is 2.11 bits per heavy atom. The van der Waals surface area contributed by atoms with Crippen LogP contribution in [0.2, 0.25) is 0 Å². The van der Waals surface area contributed by atoms with Gasteiger partial charge in [-0.15, -0.1) is 0 Å². The lowest BCUT2D eigenvalue weighted by Gasteiger charge is -2.57. The third-order valence-electron chi connectivity index (χ3n) is 5.70. The van der Waals surface area contributed by atoms with Gasteiger partial charge in [0.1, 0.15) is 11.3 Å². The molecule has 2 unspecified atom stereocenters. The van der Waals surface area contributed by atoms with Gasteiger partial charge in [0.15, 0.2) is 5.65 Å². The fraction of sp³-hybridized carbons (Fsp3) is 0.368. The minimum Gasteiger partial charge on any atom is -0.507 e. The number of aromatic nitrogens is 3. The quantitative estimate of drug-likeness (QED) is 0.735. The number of benzene rings is 1. The number of ether oxygens (including phenoxy) is 1. The van der Waals surface area contributed by atoms with E-state index in [1.165, 1.54) is 6.92 Å². The zero-order valence-corrected chi connectivity index (χ0v) is 14.4. The summed E-state index contributed by atoms with van der Waals surface area (Å²) in [7, 11) is 0. The number of alkyl halides is 3. The molecule has 27 heavy (non-hydrogen) atoms. The predicted molar refractivity (Wildman–Crippen MR) is 91.3 cm³/mol. The smallest absolute Gasteiger partial charge is 0.416 e. The molecule has 1 saturated heterocycles. The molecule has 5 nitrogen and oxygen atoms in total. The molecule has 3 aromatic rings. The second-order valence-electron chi connectivity index (χ2n) is 7.31. The molecule has 8 heteroatoms. The molecule has 0 bridgehead atoms. The van der Waals surface area contributed by atoms with Gasteiger partial charge in [0, 0.05) is 17.1 Å². The van der Waals surface area contributed by atoms with Gasteiger partial charge in [-0.2, -0.15) is 18.3 Å². The van der Waals surface area contributed by atoms with Gasteiger partial charge in [0.05, 0.1) is 24.0 Å². The Bertz CT molecular complexity index is 1040. The molecule has 2 fully saturated rings. The van der Waals surface area contributed by atoms with Gasteiger partial charge in [-0.3, -0.25) is 4.68 Å². The lowest BCUT2D eigenvalue weighted by Crippen LogP contribution is -2.66. The number of aromatic hydroxyl groups is 1. The molecule has 2 aromatic heterocycles. The van der Waals surface area contributed by atoms with E-state index in [-0.39, 0.29) is 17.2 Å². The van der Waals surface area contributed by atoms with E-state index >= 15 is 0 Å². The highest BCUT2D eigenvalue weighted by Gasteiger charge is 2.57. The average molecular weight is 375 g/mol. The highest BCUT2D eigenvalue weighted by atomic mass is 19.4. The lowest BCUT2D eigenvalue weighted by molar-refractivity contribution is -0.239. The first-order valence-corrected chi connectivity index (χ1v) is 8.68. The normalized spacial score (nSPS) is 24.4. The number of hydrogen-bond donors (Lipinski definition) is 1. The summed E-state index contributed by atoms with van der Waals surface area (Å²) in [4.78, 5) is 4.49. The van der Waals surface area contributed by atoms with Crippen molar-refractivity contribution in [3.8, 4) is 17.0 Å². The first-order chi connectivity index (χ1) is 12.8. The Morgan fingerprint density at radius 3 is 2.67 bits per heavy atom. The van der Waals surface area contributed by atoms with Crippen LogP contribution in [0.3, 0.4) is 0 Å². The number of phenols is 1. The maximum atomic E-state index is 12.9. The summed E-state index contributed by atoms with van der Waals surface area (Å²) in [5.41, 5.74) is 0.520. The molecule has 0 amide bonds. The molecule has 5 rings (SSSR count). The standard InChI is InChI=1S/C19H16F3N3O2/c1-10-6-12(19(20,21)22)7-14(26)16(10)13-3-2-11-8-25(24-17(11)23-13)18-5-4-15(18)27-9-18/h2-3,6-8,15,26H,4-5,9H2,1H3. The summed E-state index contributed by atoms with van der Waals surface area (Å²) >= 11 is 0. The van der Waals surface area contributed by atoms with Gasteiger partial charge in [0.25, 0.3) is 0 Å². The Balaban J connectivity index is 1.58. The van der Waals surface area contributed by atoms with Gasteiger partial charge in [0.2, 0.25) is 0 Å². The highest BCUT2D eigenvalue weighted by Crippen LogP contribution is 2.49. The number of nitrogens with zero attached hydrogens (tertiary/aromatic N) is 3. The van der Waals surface area contributed by atoms with Crippen molar-refractivity contribution >= 4 is 11.0 Å². The van der Waals surface area contributed by atoms with Crippen molar-refractivity contribution < 1.29 is 23.0 Å². The lowest BCUT2D eigenvalue weighted by atomic mass is 9.70. The van der Waals surface area contributed by atoms with E-state index < -0.39 is 17.5 Å². The Labute approximate surface area is 152 Å². The maximum Gasteiger partial charge on any atom is 0.416 e. The van der Waals surface area contributed by atoms with Crippen LogP contribution in [0.25, 0.3) is 22.3 Å². The summed E-state index contributed by atoms with van der Waals surface area (Å²) in [5.74, 6) is -0.446. The van der Waals surface area contributed by atoms with Crippen LogP contribution in [-0.2, 0) is 16.5 Å². The van der Waals surface area contributed by atoms with Crippen LogP contribution in [0.1, 0.15) is 24.0 Å². The molecule has 1 N–H and O–H groups in total. The van der Waals surface area contributed by atoms with Crippen LogP contribution < -0.4 is 0 Å². The third-order valence-corrected chi connectivity index (χ3v) is 5.70. The summed E-state index contributed by atoms with van der Waals surface area (Å²) < 4.78 is 46.2. The van der Waals surface area contributed by atoms with Gasteiger partial charge >= 0.3 is 6.18 Å². The number of rotatable bonds is 2. The second kappa shape index (κ2) is 5.22. The fourth-order valence-electron chi connectivity index (χ4n) is 4.01. The van der Waals surface area contributed by atoms with Crippen molar-refractivity contribution in [2.24, 2.45) is 0 Å². The van der Waals surface area contributed by atoms with E-state index in [0.29, 0.717) is 23.5 Å². The minimum absolute atomic E-state index is 0.0761. The van der Waals surface area contributed by atoms with Gasteiger partial charge in [-0.1, -0.05) is 0 Å². The topological polar surface area (TPSA) is 60.2 Å². The van der Waals surface area contributed by atoms with Crippen molar-refractivity contribution in [1.82, 2.24) is 14.8 Å². The molecular weight excluding hydrogens is 359 g/mol. The van der Waals surface area contributed by atoms with E-state index in [2.05, 4.69) is 10.1 Å². The molecule has 0 radical (unpaired) electrons. The number of phenolic OH excluding ortho intramolecular Hbond substituents is 1. The predicted octanol–water partition coefficient (Wildman–Crippen LogP) is 4.02. The van der Waals surface area contributed by atoms with Crippen LogP contribution in [0.4, 0.5) is 13.2 Å². The number of pyridine rings is 1.